The summed E-state index contributed by atoms with van der Waals surface area (Å²) >= 11 is 3.45. The Labute approximate surface area is 144 Å². The second-order valence-electron chi connectivity index (χ2n) is 4.97. The predicted octanol–water partition coefficient (Wildman–Crippen LogP) is 4.81. The van der Waals surface area contributed by atoms with Crippen molar-refractivity contribution in [1.82, 2.24) is 0 Å². The van der Waals surface area contributed by atoms with Gasteiger partial charge >= 0.3 is 0 Å². The van der Waals surface area contributed by atoms with Crippen molar-refractivity contribution in [2.75, 3.05) is 18.5 Å². The van der Waals surface area contributed by atoms with Crippen LogP contribution >= 0.6 is 15.9 Å². The van der Waals surface area contributed by atoms with Gasteiger partial charge in [-0.15, -0.1) is 0 Å². The number of carbonyl (C=O) groups is 1. The van der Waals surface area contributed by atoms with Crippen LogP contribution in [0.25, 0.3) is 0 Å². The molecule has 0 aliphatic rings. The quantitative estimate of drug-likeness (QED) is 0.785. The maximum absolute atomic E-state index is 12.4. The molecule has 0 aliphatic heterocycles. The van der Waals surface area contributed by atoms with Crippen molar-refractivity contribution in [3.8, 4) is 11.5 Å². The third kappa shape index (κ3) is 4.48. The Morgan fingerprint density at radius 2 is 1.74 bits per heavy atom. The van der Waals surface area contributed by atoms with Crippen LogP contribution in [0.15, 0.2) is 40.9 Å². The Bertz CT molecular complexity index is 683. The summed E-state index contributed by atoms with van der Waals surface area (Å²) in [5, 5.41) is 2.88. The predicted molar refractivity (Wildman–Crippen MR) is 95.6 cm³/mol. The smallest absolute Gasteiger partial charge is 0.255 e. The summed E-state index contributed by atoms with van der Waals surface area (Å²) in [4.78, 5) is 12.4. The van der Waals surface area contributed by atoms with Gasteiger partial charge in [-0.3, -0.25) is 4.79 Å². The van der Waals surface area contributed by atoms with Gasteiger partial charge < -0.3 is 14.8 Å². The first-order valence-electron chi connectivity index (χ1n) is 7.52. The van der Waals surface area contributed by atoms with Crippen LogP contribution in [-0.4, -0.2) is 19.1 Å². The highest BCUT2D eigenvalue weighted by Crippen LogP contribution is 2.37. The summed E-state index contributed by atoms with van der Waals surface area (Å²) in [6.45, 7) is 6.81. The van der Waals surface area contributed by atoms with E-state index in [1.165, 1.54) is 0 Å². The Morgan fingerprint density at radius 3 is 2.35 bits per heavy atom. The van der Waals surface area contributed by atoms with Gasteiger partial charge in [0.15, 0.2) is 11.5 Å². The minimum atomic E-state index is -0.196. The van der Waals surface area contributed by atoms with E-state index in [0.29, 0.717) is 34.7 Å². The zero-order chi connectivity index (χ0) is 16.8. The molecule has 122 valence electrons. The Hall–Kier alpha value is -2.01. The molecule has 0 saturated heterocycles. The first kappa shape index (κ1) is 17.3. The molecule has 0 unspecified atom stereocenters. The van der Waals surface area contributed by atoms with Crippen molar-refractivity contribution in [2.45, 2.75) is 20.8 Å². The van der Waals surface area contributed by atoms with E-state index in [4.69, 9.17) is 9.47 Å². The molecule has 1 N–H and O–H groups in total. The fourth-order valence-electron chi connectivity index (χ4n) is 2.09. The molecule has 0 aromatic heterocycles. The van der Waals surface area contributed by atoms with Crippen molar-refractivity contribution in [2.24, 2.45) is 0 Å². The average Bonchev–Trinajstić information content (AvgIpc) is 2.53. The molecule has 0 atom stereocenters. The summed E-state index contributed by atoms with van der Waals surface area (Å²) in [6, 6.07) is 11.1. The third-order valence-corrected chi connectivity index (χ3v) is 3.76. The van der Waals surface area contributed by atoms with E-state index in [2.05, 4.69) is 21.2 Å². The number of ether oxygens (including phenoxy) is 2. The van der Waals surface area contributed by atoms with Crippen molar-refractivity contribution >= 4 is 27.5 Å². The van der Waals surface area contributed by atoms with Gasteiger partial charge in [-0.1, -0.05) is 17.7 Å². The Morgan fingerprint density at radius 1 is 1.09 bits per heavy atom. The number of hydrogen-bond donors (Lipinski definition) is 1. The van der Waals surface area contributed by atoms with E-state index >= 15 is 0 Å². The molecule has 2 aromatic carbocycles. The van der Waals surface area contributed by atoms with Gasteiger partial charge in [0.05, 0.1) is 17.7 Å². The topological polar surface area (TPSA) is 47.6 Å². The summed E-state index contributed by atoms with van der Waals surface area (Å²) in [5.74, 6) is 0.970. The molecular weight excluding hydrogens is 358 g/mol. The molecule has 2 aromatic rings. The Balaban J connectivity index is 2.27. The lowest BCUT2D eigenvalue weighted by Gasteiger charge is -2.14. The molecule has 0 aliphatic carbocycles. The van der Waals surface area contributed by atoms with Crippen LogP contribution in [0.4, 0.5) is 5.69 Å². The van der Waals surface area contributed by atoms with Gasteiger partial charge in [-0.2, -0.15) is 0 Å². The van der Waals surface area contributed by atoms with Crippen molar-refractivity contribution in [3.63, 3.8) is 0 Å². The standard InChI is InChI=1S/C18H20BrNO3/c1-4-22-16-11-13(10-15(19)17(16)23-5-2)18(21)20-14-8-6-12(3)7-9-14/h6-11H,4-5H2,1-3H3,(H,20,21). The lowest BCUT2D eigenvalue weighted by Crippen LogP contribution is -2.12. The van der Waals surface area contributed by atoms with Gasteiger partial charge in [-0.05, 0) is 61.0 Å². The highest BCUT2D eigenvalue weighted by molar-refractivity contribution is 9.10. The first-order chi connectivity index (χ1) is 11.0. The number of carbonyl (C=O) groups excluding carboxylic acids is 1. The van der Waals surface area contributed by atoms with Crippen LogP contribution in [0.2, 0.25) is 0 Å². The molecule has 0 radical (unpaired) electrons. The number of anilines is 1. The summed E-state index contributed by atoms with van der Waals surface area (Å²) in [6.07, 6.45) is 0. The minimum Gasteiger partial charge on any atom is -0.490 e. The number of rotatable bonds is 6. The maximum Gasteiger partial charge on any atom is 0.255 e. The second kappa shape index (κ2) is 8.02. The van der Waals surface area contributed by atoms with Gasteiger partial charge in [0.25, 0.3) is 5.91 Å². The lowest BCUT2D eigenvalue weighted by atomic mass is 10.1. The lowest BCUT2D eigenvalue weighted by molar-refractivity contribution is 0.102. The van der Waals surface area contributed by atoms with Gasteiger partial charge in [0, 0.05) is 11.3 Å². The van der Waals surface area contributed by atoms with Gasteiger partial charge in [0.1, 0.15) is 0 Å². The number of halogens is 1. The molecule has 0 saturated carbocycles. The van der Waals surface area contributed by atoms with Crippen LogP contribution in [-0.2, 0) is 0 Å². The second-order valence-corrected chi connectivity index (χ2v) is 5.83. The molecular formula is C18H20BrNO3. The van der Waals surface area contributed by atoms with E-state index < -0.39 is 0 Å². The number of nitrogens with one attached hydrogen (secondary N) is 1. The van der Waals surface area contributed by atoms with Crippen molar-refractivity contribution < 1.29 is 14.3 Å². The monoisotopic (exact) mass is 377 g/mol. The molecule has 0 bridgehead atoms. The molecule has 0 fully saturated rings. The third-order valence-electron chi connectivity index (χ3n) is 3.17. The van der Waals surface area contributed by atoms with Crippen LogP contribution in [0.1, 0.15) is 29.8 Å². The SMILES string of the molecule is CCOc1cc(C(=O)Nc2ccc(C)cc2)cc(Br)c1OCC. The zero-order valence-corrected chi connectivity index (χ0v) is 15.1. The van der Waals surface area contributed by atoms with E-state index in [1.807, 2.05) is 45.0 Å². The molecule has 4 nitrogen and oxygen atoms in total. The molecule has 0 spiro atoms. The number of aryl methyl sites for hydroxylation is 1. The summed E-state index contributed by atoms with van der Waals surface area (Å²) < 4.78 is 11.9. The minimum absolute atomic E-state index is 0.196. The van der Waals surface area contributed by atoms with E-state index in [-0.39, 0.29) is 5.91 Å². The van der Waals surface area contributed by atoms with Crippen LogP contribution in [0.5, 0.6) is 11.5 Å². The number of benzene rings is 2. The highest BCUT2D eigenvalue weighted by atomic mass is 79.9. The van der Waals surface area contributed by atoms with Crippen LogP contribution in [0.3, 0.4) is 0 Å². The highest BCUT2D eigenvalue weighted by Gasteiger charge is 2.16. The molecule has 23 heavy (non-hydrogen) atoms. The fraction of sp³-hybridized carbons (Fsp3) is 0.278. The van der Waals surface area contributed by atoms with E-state index in [0.717, 1.165) is 11.3 Å². The van der Waals surface area contributed by atoms with E-state index in [9.17, 15) is 4.79 Å². The number of hydrogen-bond acceptors (Lipinski definition) is 3. The maximum atomic E-state index is 12.4. The van der Waals surface area contributed by atoms with Crippen LogP contribution in [0, 0.1) is 6.92 Å². The first-order valence-corrected chi connectivity index (χ1v) is 8.31. The van der Waals surface area contributed by atoms with Crippen molar-refractivity contribution in [1.29, 1.82) is 0 Å². The molecule has 0 heterocycles. The van der Waals surface area contributed by atoms with Gasteiger partial charge in [0.2, 0.25) is 0 Å². The van der Waals surface area contributed by atoms with Gasteiger partial charge in [-0.25, -0.2) is 0 Å². The van der Waals surface area contributed by atoms with E-state index in [1.54, 1.807) is 12.1 Å². The summed E-state index contributed by atoms with van der Waals surface area (Å²) in [5.41, 5.74) is 2.40. The molecule has 2 rings (SSSR count). The largest absolute Gasteiger partial charge is 0.490 e. The molecule has 1 amide bonds. The zero-order valence-electron chi connectivity index (χ0n) is 13.5. The number of amides is 1. The van der Waals surface area contributed by atoms with Crippen LogP contribution < -0.4 is 14.8 Å². The van der Waals surface area contributed by atoms with Crippen molar-refractivity contribution in [3.05, 3.63) is 52.0 Å². The average molecular weight is 378 g/mol. The Kier molecular flexibility index (Phi) is 6.04. The normalized spacial score (nSPS) is 10.3. The molecule has 5 heteroatoms. The summed E-state index contributed by atoms with van der Waals surface area (Å²) in [7, 11) is 0. The fourth-order valence-corrected chi connectivity index (χ4v) is 2.64.